The van der Waals surface area contributed by atoms with Crippen LogP contribution in [0.15, 0.2) is 4.79 Å². The van der Waals surface area contributed by atoms with E-state index >= 15 is 0 Å². The second-order valence-corrected chi connectivity index (χ2v) is 3.53. The molecular formula is C8H12N4O2. The molecule has 1 aromatic heterocycles. The van der Waals surface area contributed by atoms with E-state index in [1.54, 1.807) is 0 Å². The van der Waals surface area contributed by atoms with Crippen LogP contribution >= 0.6 is 0 Å². The third-order valence-corrected chi connectivity index (χ3v) is 2.49. The minimum atomic E-state index is -0.459. The second kappa shape index (κ2) is 3.65. The number of amides is 1. The highest BCUT2D eigenvalue weighted by Gasteiger charge is 2.19. The van der Waals surface area contributed by atoms with Crippen molar-refractivity contribution in [1.82, 2.24) is 20.5 Å². The van der Waals surface area contributed by atoms with Crippen LogP contribution in [0.2, 0.25) is 0 Å². The van der Waals surface area contributed by atoms with Crippen LogP contribution in [0, 0.1) is 5.92 Å². The van der Waals surface area contributed by atoms with Crippen LogP contribution < -0.4 is 11.0 Å². The molecule has 1 aliphatic carbocycles. The van der Waals surface area contributed by atoms with Gasteiger partial charge < -0.3 is 5.32 Å². The summed E-state index contributed by atoms with van der Waals surface area (Å²) in [6.45, 7) is 0.674. The number of nitrogens with zero attached hydrogens (tertiary/aromatic N) is 1. The van der Waals surface area contributed by atoms with E-state index in [-0.39, 0.29) is 11.7 Å². The lowest BCUT2D eigenvalue weighted by atomic mass is 9.85. The first-order valence-corrected chi connectivity index (χ1v) is 4.68. The summed E-state index contributed by atoms with van der Waals surface area (Å²) >= 11 is 0. The molecule has 2 rings (SSSR count). The van der Waals surface area contributed by atoms with Crippen molar-refractivity contribution in [3.63, 3.8) is 0 Å². The highest BCUT2D eigenvalue weighted by Crippen LogP contribution is 2.25. The van der Waals surface area contributed by atoms with Crippen molar-refractivity contribution in [2.75, 3.05) is 6.54 Å². The molecule has 1 aliphatic rings. The van der Waals surface area contributed by atoms with Gasteiger partial charge in [0, 0.05) is 6.54 Å². The van der Waals surface area contributed by atoms with E-state index in [9.17, 15) is 9.59 Å². The van der Waals surface area contributed by atoms with Gasteiger partial charge in [-0.05, 0) is 18.8 Å². The first-order chi connectivity index (χ1) is 6.75. The van der Waals surface area contributed by atoms with E-state index in [0.29, 0.717) is 12.5 Å². The Morgan fingerprint density at radius 2 is 2.36 bits per heavy atom. The number of carbonyl (C=O) groups is 1. The highest BCUT2D eigenvalue weighted by atomic mass is 16.2. The first kappa shape index (κ1) is 8.98. The lowest BCUT2D eigenvalue weighted by Gasteiger charge is -2.24. The molecule has 14 heavy (non-hydrogen) atoms. The molecule has 0 bridgehead atoms. The molecule has 0 aromatic carbocycles. The van der Waals surface area contributed by atoms with Crippen molar-refractivity contribution in [2.24, 2.45) is 5.92 Å². The average Bonchev–Trinajstić information content (AvgIpc) is 2.49. The zero-order valence-electron chi connectivity index (χ0n) is 7.67. The zero-order chi connectivity index (χ0) is 9.97. The molecule has 1 fully saturated rings. The molecule has 6 nitrogen and oxygen atoms in total. The largest absolute Gasteiger partial charge is 0.349 e. The molecular weight excluding hydrogens is 184 g/mol. The van der Waals surface area contributed by atoms with Gasteiger partial charge in [0.15, 0.2) is 0 Å². The van der Waals surface area contributed by atoms with Crippen molar-refractivity contribution in [3.05, 3.63) is 16.3 Å². The number of aromatic amines is 2. The van der Waals surface area contributed by atoms with Gasteiger partial charge in [-0.25, -0.2) is 9.89 Å². The molecule has 0 radical (unpaired) electrons. The van der Waals surface area contributed by atoms with Gasteiger partial charge in [-0.3, -0.25) is 9.78 Å². The van der Waals surface area contributed by atoms with Gasteiger partial charge in [-0.2, -0.15) is 0 Å². The minimum absolute atomic E-state index is 0.0503. The Kier molecular flexibility index (Phi) is 2.34. The Morgan fingerprint density at radius 3 is 2.86 bits per heavy atom. The third kappa shape index (κ3) is 1.84. The molecule has 3 N–H and O–H groups in total. The van der Waals surface area contributed by atoms with Crippen LogP contribution in [0.4, 0.5) is 0 Å². The quantitative estimate of drug-likeness (QED) is 0.616. The normalized spacial score (nSPS) is 16.3. The Hall–Kier alpha value is -1.59. The Morgan fingerprint density at radius 1 is 1.57 bits per heavy atom. The maximum atomic E-state index is 11.3. The monoisotopic (exact) mass is 196 g/mol. The summed E-state index contributed by atoms with van der Waals surface area (Å²) in [6, 6.07) is 0. The third-order valence-electron chi connectivity index (χ3n) is 2.49. The van der Waals surface area contributed by atoms with E-state index in [2.05, 4.69) is 20.5 Å². The van der Waals surface area contributed by atoms with Gasteiger partial charge in [0.1, 0.15) is 0 Å². The SMILES string of the molecule is O=C(NCC1CCC1)c1n[nH]c(=O)[nH]1. The van der Waals surface area contributed by atoms with E-state index in [4.69, 9.17) is 0 Å². The van der Waals surface area contributed by atoms with Gasteiger partial charge in [0.2, 0.25) is 5.82 Å². The molecule has 0 spiro atoms. The molecule has 6 heteroatoms. The summed E-state index contributed by atoms with van der Waals surface area (Å²) in [4.78, 5) is 24.3. The summed E-state index contributed by atoms with van der Waals surface area (Å²) in [5.41, 5.74) is -0.459. The number of hydrogen-bond acceptors (Lipinski definition) is 3. The predicted octanol–water partition coefficient (Wildman–Crippen LogP) is -0.372. The fraction of sp³-hybridized carbons (Fsp3) is 0.625. The standard InChI is InChI=1S/C8H12N4O2/c13-7(6-10-8(14)12-11-6)9-4-5-2-1-3-5/h5H,1-4H2,(H,9,13)(H2,10,11,12,14). The minimum Gasteiger partial charge on any atom is -0.349 e. The van der Waals surface area contributed by atoms with E-state index in [1.807, 2.05) is 0 Å². The maximum absolute atomic E-state index is 11.3. The number of nitrogens with one attached hydrogen (secondary N) is 3. The lowest BCUT2D eigenvalue weighted by molar-refractivity contribution is 0.0929. The van der Waals surface area contributed by atoms with Crippen molar-refractivity contribution in [3.8, 4) is 0 Å². The van der Waals surface area contributed by atoms with E-state index in [1.165, 1.54) is 19.3 Å². The van der Waals surface area contributed by atoms with Crippen LogP contribution in [-0.2, 0) is 0 Å². The van der Waals surface area contributed by atoms with Gasteiger partial charge in [-0.15, -0.1) is 5.10 Å². The summed E-state index contributed by atoms with van der Waals surface area (Å²) in [5, 5.41) is 8.40. The lowest BCUT2D eigenvalue weighted by Crippen LogP contribution is -2.32. The molecule has 1 heterocycles. The summed E-state index contributed by atoms with van der Waals surface area (Å²) in [5.74, 6) is 0.328. The van der Waals surface area contributed by atoms with Gasteiger partial charge in [0.25, 0.3) is 5.91 Å². The Bertz CT molecular complexity index is 377. The van der Waals surface area contributed by atoms with Crippen molar-refractivity contribution in [1.29, 1.82) is 0 Å². The van der Waals surface area contributed by atoms with Crippen LogP contribution in [0.1, 0.15) is 29.9 Å². The van der Waals surface area contributed by atoms with Crippen molar-refractivity contribution >= 4 is 5.91 Å². The second-order valence-electron chi connectivity index (χ2n) is 3.53. The summed E-state index contributed by atoms with van der Waals surface area (Å²) in [6.07, 6.45) is 3.61. The Labute approximate surface area is 80.1 Å². The smallest absolute Gasteiger partial charge is 0.341 e. The maximum Gasteiger partial charge on any atom is 0.341 e. The summed E-state index contributed by atoms with van der Waals surface area (Å²) < 4.78 is 0. The average molecular weight is 196 g/mol. The topological polar surface area (TPSA) is 90.6 Å². The molecule has 1 amide bonds. The molecule has 0 saturated heterocycles. The van der Waals surface area contributed by atoms with Crippen molar-refractivity contribution in [2.45, 2.75) is 19.3 Å². The van der Waals surface area contributed by atoms with Crippen molar-refractivity contribution < 1.29 is 4.79 Å². The van der Waals surface area contributed by atoms with Crippen LogP contribution in [0.5, 0.6) is 0 Å². The van der Waals surface area contributed by atoms with Crippen LogP contribution in [0.3, 0.4) is 0 Å². The number of aromatic nitrogens is 3. The zero-order valence-corrected chi connectivity index (χ0v) is 7.67. The highest BCUT2D eigenvalue weighted by molar-refractivity contribution is 5.90. The molecule has 1 saturated carbocycles. The molecule has 0 unspecified atom stereocenters. The van der Waals surface area contributed by atoms with Gasteiger partial charge >= 0.3 is 5.69 Å². The van der Waals surface area contributed by atoms with E-state index in [0.717, 1.165) is 0 Å². The molecule has 0 aliphatic heterocycles. The van der Waals surface area contributed by atoms with Gasteiger partial charge in [0.05, 0.1) is 0 Å². The molecule has 0 atom stereocenters. The molecule has 1 aromatic rings. The van der Waals surface area contributed by atoms with Gasteiger partial charge in [-0.1, -0.05) is 6.42 Å². The summed E-state index contributed by atoms with van der Waals surface area (Å²) in [7, 11) is 0. The Balaban J connectivity index is 1.85. The first-order valence-electron chi connectivity index (χ1n) is 4.68. The number of hydrogen-bond donors (Lipinski definition) is 3. The molecule has 76 valence electrons. The fourth-order valence-electron chi connectivity index (χ4n) is 1.40. The van der Waals surface area contributed by atoms with Crippen LogP contribution in [0.25, 0.3) is 0 Å². The number of H-pyrrole nitrogens is 2. The van der Waals surface area contributed by atoms with E-state index < -0.39 is 5.69 Å². The number of carbonyl (C=O) groups excluding carboxylic acids is 1. The predicted molar refractivity (Wildman–Crippen MR) is 48.9 cm³/mol. The van der Waals surface area contributed by atoms with Crippen LogP contribution in [-0.4, -0.2) is 27.6 Å². The fourth-order valence-corrected chi connectivity index (χ4v) is 1.40. The number of rotatable bonds is 3.